The molecule has 0 bridgehead atoms. The molecule has 0 fully saturated rings. The minimum Gasteiger partial charge on any atom is -0.481 e. The van der Waals surface area contributed by atoms with E-state index in [2.05, 4.69) is 5.32 Å². The molecule has 0 saturated heterocycles. The fourth-order valence-electron chi connectivity index (χ4n) is 3.36. The van der Waals surface area contributed by atoms with E-state index in [4.69, 9.17) is 16.7 Å². The van der Waals surface area contributed by atoms with E-state index < -0.39 is 17.9 Å². The normalized spacial score (nSPS) is 13.3. The molecular formula is C22H23ClN2O4. The summed E-state index contributed by atoms with van der Waals surface area (Å²) in [5, 5.41) is 23.1. The average Bonchev–Trinajstić information content (AvgIpc) is 3.02. The number of hydrogen-bond donors (Lipinski definition) is 3. The molecule has 3 aromatic rings. The summed E-state index contributed by atoms with van der Waals surface area (Å²) < 4.78 is 1.77. The molecule has 0 radical (unpaired) electrons. The number of carboxylic acid groups (broad SMARTS) is 1. The molecule has 3 N–H and O–H groups in total. The van der Waals surface area contributed by atoms with E-state index in [0.29, 0.717) is 21.8 Å². The number of carbonyl (C=O) groups is 2. The Morgan fingerprint density at radius 3 is 2.34 bits per heavy atom. The minimum atomic E-state index is -0.908. The summed E-state index contributed by atoms with van der Waals surface area (Å²) in [6.07, 6.45) is 0. The van der Waals surface area contributed by atoms with E-state index >= 15 is 0 Å². The van der Waals surface area contributed by atoms with Gasteiger partial charge in [-0.25, -0.2) is 0 Å². The third kappa shape index (κ3) is 4.13. The van der Waals surface area contributed by atoms with Crippen molar-refractivity contribution in [3.63, 3.8) is 0 Å². The molecule has 0 aliphatic rings. The number of nitrogens with zero attached hydrogens (tertiary/aromatic N) is 1. The van der Waals surface area contributed by atoms with Crippen LogP contribution in [-0.4, -0.2) is 33.3 Å². The van der Waals surface area contributed by atoms with Gasteiger partial charge in [-0.3, -0.25) is 9.59 Å². The number of fused-ring (bicyclic) bond motifs is 1. The monoisotopic (exact) mass is 414 g/mol. The lowest BCUT2D eigenvalue weighted by molar-refractivity contribution is -0.138. The SMILES string of the molecule is Cc1cc(Cl)c2cc(C(=O)NC(CO)c3ccc(C(C)C(=O)O)cc3)n(C)c2c1. The van der Waals surface area contributed by atoms with Gasteiger partial charge < -0.3 is 20.1 Å². The Labute approximate surface area is 173 Å². The predicted octanol–water partition coefficient (Wildman–Crippen LogP) is 3.79. The molecule has 2 unspecified atom stereocenters. The fourth-order valence-corrected chi connectivity index (χ4v) is 3.69. The van der Waals surface area contributed by atoms with E-state index in [0.717, 1.165) is 16.5 Å². The number of carboxylic acids is 1. The number of halogens is 1. The van der Waals surface area contributed by atoms with Gasteiger partial charge in [0.25, 0.3) is 5.91 Å². The second kappa shape index (κ2) is 8.27. The zero-order valence-corrected chi connectivity index (χ0v) is 17.2. The Kier molecular flexibility index (Phi) is 5.96. The van der Waals surface area contributed by atoms with Crippen LogP contribution in [0.4, 0.5) is 0 Å². The van der Waals surface area contributed by atoms with Crippen LogP contribution in [0.2, 0.25) is 5.02 Å². The molecule has 0 aliphatic carbocycles. The summed E-state index contributed by atoms with van der Waals surface area (Å²) in [4.78, 5) is 24.0. The molecule has 7 heteroatoms. The molecule has 2 aromatic carbocycles. The maximum absolute atomic E-state index is 12.9. The van der Waals surface area contributed by atoms with Gasteiger partial charge in [0.15, 0.2) is 0 Å². The molecule has 0 spiro atoms. The summed E-state index contributed by atoms with van der Waals surface area (Å²) >= 11 is 6.32. The lowest BCUT2D eigenvalue weighted by Crippen LogP contribution is -2.32. The van der Waals surface area contributed by atoms with Crippen molar-refractivity contribution in [2.75, 3.05) is 6.61 Å². The average molecular weight is 415 g/mol. The number of rotatable bonds is 6. The van der Waals surface area contributed by atoms with Crippen LogP contribution in [0.1, 0.15) is 46.1 Å². The van der Waals surface area contributed by atoms with Crippen LogP contribution in [0.15, 0.2) is 42.5 Å². The molecule has 6 nitrogen and oxygen atoms in total. The first-order chi connectivity index (χ1) is 13.7. The van der Waals surface area contributed by atoms with Gasteiger partial charge in [-0.15, -0.1) is 0 Å². The van der Waals surface area contributed by atoms with Gasteiger partial charge >= 0.3 is 5.97 Å². The summed E-state index contributed by atoms with van der Waals surface area (Å²) in [5.41, 5.74) is 3.63. The number of aliphatic hydroxyl groups is 1. The topological polar surface area (TPSA) is 91.6 Å². The number of aliphatic hydroxyl groups excluding tert-OH is 1. The van der Waals surface area contributed by atoms with E-state index in [1.165, 1.54) is 0 Å². The molecule has 1 aromatic heterocycles. The fraction of sp³-hybridized carbons (Fsp3) is 0.273. The number of amides is 1. The summed E-state index contributed by atoms with van der Waals surface area (Å²) in [6, 6.07) is 11.8. The van der Waals surface area contributed by atoms with Crippen molar-refractivity contribution in [1.29, 1.82) is 0 Å². The van der Waals surface area contributed by atoms with Gasteiger partial charge in [-0.05, 0) is 48.7 Å². The highest BCUT2D eigenvalue weighted by atomic mass is 35.5. The summed E-state index contributed by atoms with van der Waals surface area (Å²) in [6.45, 7) is 3.26. The van der Waals surface area contributed by atoms with Crippen molar-refractivity contribution in [2.45, 2.75) is 25.8 Å². The van der Waals surface area contributed by atoms with Crippen LogP contribution >= 0.6 is 11.6 Å². The Morgan fingerprint density at radius 2 is 1.76 bits per heavy atom. The maximum atomic E-state index is 12.9. The maximum Gasteiger partial charge on any atom is 0.310 e. The van der Waals surface area contributed by atoms with Crippen molar-refractivity contribution in [1.82, 2.24) is 9.88 Å². The molecular weight excluding hydrogens is 392 g/mol. The van der Waals surface area contributed by atoms with Crippen LogP contribution in [0, 0.1) is 6.92 Å². The van der Waals surface area contributed by atoms with Gasteiger partial charge in [0.1, 0.15) is 5.69 Å². The highest BCUT2D eigenvalue weighted by Crippen LogP contribution is 2.28. The Morgan fingerprint density at radius 1 is 1.14 bits per heavy atom. The molecule has 1 heterocycles. The molecule has 29 heavy (non-hydrogen) atoms. The number of benzene rings is 2. The predicted molar refractivity (Wildman–Crippen MR) is 112 cm³/mol. The Balaban J connectivity index is 1.85. The van der Waals surface area contributed by atoms with Crippen molar-refractivity contribution < 1.29 is 19.8 Å². The smallest absolute Gasteiger partial charge is 0.310 e. The van der Waals surface area contributed by atoms with Crippen molar-refractivity contribution in [3.05, 3.63) is 69.9 Å². The molecule has 0 aliphatic heterocycles. The molecule has 2 atom stereocenters. The van der Waals surface area contributed by atoms with Crippen LogP contribution in [0.3, 0.4) is 0 Å². The molecule has 3 rings (SSSR count). The lowest BCUT2D eigenvalue weighted by Gasteiger charge is -2.18. The lowest BCUT2D eigenvalue weighted by atomic mass is 9.98. The second-order valence-corrected chi connectivity index (χ2v) is 7.61. The highest BCUT2D eigenvalue weighted by molar-refractivity contribution is 6.35. The first-order valence-corrected chi connectivity index (χ1v) is 9.60. The largest absolute Gasteiger partial charge is 0.481 e. The number of aryl methyl sites for hydroxylation is 2. The molecule has 0 saturated carbocycles. The first kappa shape index (κ1) is 20.9. The number of carbonyl (C=O) groups excluding carboxylic acids is 1. The standard InChI is InChI=1S/C22H23ClN2O4/c1-12-8-17(23)16-10-20(25(3)19(16)9-12)21(27)24-18(11-26)15-6-4-14(5-7-15)13(2)22(28)29/h4-10,13,18,26H,11H2,1-3H3,(H,24,27)(H,28,29). The van der Waals surface area contributed by atoms with Gasteiger partial charge in [0, 0.05) is 12.4 Å². The molecule has 1 amide bonds. The van der Waals surface area contributed by atoms with Crippen LogP contribution in [0.25, 0.3) is 10.9 Å². The zero-order chi connectivity index (χ0) is 21.3. The molecule has 152 valence electrons. The van der Waals surface area contributed by atoms with E-state index in [-0.39, 0.29) is 12.5 Å². The van der Waals surface area contributed by atoms with Crippen LogP contribution in [-0.2, 0) is 11.8 Å². The van der Waals surface area contributed by atoms with E-state index in [1.54, 1.807) is 48.9 Å². The van der Waals surface area contributed by atoms with Crippen molar-refractivity contribution in [2.24, 2.45) is 7.05 Å². The summed E-state index contributed by atoms with van der Waals surface area (Å²) in [5.74, 6) is -1.87. The number of nitrogens with one attached hydrogen (secondary N) is 1. The summed E-state index contributed by atoms with van der Waals surface area (Å²) in [7, 11) is 1.79. The van der Waals surface area contributed by atoms with Gasteiger partial charge in [-0.2, -0.15) is 0 Å². The second-order valence-electron chi connectivity index (χ2n) is 7.20. The van der Waals surface area contributed by atoms with E-state index in [1.807, 2.05) is 19.1 Å². The third-order valence-electron chi connectivity index (χ3n) is 5.19. The van der Waals surface area contributed by atoms with Gasteiger partial charge in [-0.1, -0.05) is 35.9 Å². The minimum absolute atomic E-state index is 0.288. The highest BCUT2D eigenvalue weighted by Gasteiger charge is 2.20. The van der Waals surface area contributed by atoms with Gasteiger partial charge in [0.05, 0.1) is 29.1 Å². The van der Waals surface area contributed by atoms with Crippen molar-refractivity contribution in [3.8, 4) is 0 Å². The van der Waals surface area contributed by atoms with Crippen LogP contribution in [0.5, 0.6) is 0 Å². The number of aliphatic carboxylic acids is 1. The van der Waals surface area contributed by atoms with Gasteiger partial charge in [0.2, 0.25) is 0 Å². The van der Waals surface area contributed by atoms with Crippen LogP contribution < -0.4 is 5.32 Å². The third-order valence-corrected chi connectivity index (χ3v) is 5.50. The Bertz CT molecular complexity index is 1070. The van der Waals surface area contributed by atoms with E-state index in [9.17, 15) is 14.7 Å². The number of aromatic nitrogens is 1. The zero-order valence-electron chi connectivity index (χ0n) is 16.4. The Hall–Kier alpha value is -2.83. The number of hydrogen-bond acceptors (Lipinski definition) is 3. The first-order valence-electron chi connectivity index (χ1n) is 9.23. The quantitative estimate of drug-likeness (QED) is 0.572. The van der Waals surface area contributed by atoms with Crippen molar-refractivity contribution >= 4 is 34.4 Å².